The highest BCUT2D eigenvalue weighted by molar-refractivity contribution is 9.10. The lowest BCUT2D eigenvalue weighted by Crippen LogP contribution is -2.38. The van der Waals surface area contributed by atoms with Crippen LogP contribution in [0.4, 0.5) is 5.95 Å². The summed E-state index contributed by atoms with van der Waals surface area (Å²) in [4.78, 5) is 28.2. The number of hydrogen-bond donors (Lipinski definition) is 0. The molecule has 0 N–H and O–H groups in total. The van der Waals surface area contributed by atoms with Gasteiger partial charge in [0.1, 0.15) is 5.82 Å². The van der Waals surface area contributed by atoms with Crippen molar-refractivity contribution < 1.29 is 0 Å². The van der Waals surface area contributed by atoms with E-state index in [9.17, 15) is 4.79 Å². The third-order valence-corrected chi connectivity index (χ3v) is 4.97. The SMILES string of the molecule is Cc1nc2c(c(=O)n1C)CN(c1ncc3cc(Br)ccc3n1)CC2. The Morgan fingerprint density at radius 3 is 2.92 bits per heavy atom. The average Bonchev–Trinajstić information content (AvgIpc) is 2.59. The number of fused-ring (bicyclic) bond motifs is 2. The number of rotatable bonds is 1. The molecule has 7 heteroatoms. The normalized spacial score (nSPS) is 14.0. The summed E-state index contributed by atoms with van der Waals surface area (Å²) in [7, 11) is 1.76. The molecule has 24 heavy (non-hydrogen) atoms. The molecule has 0 atom stereocenters. The molecule has 2 aromatic heterocycles. The molecule has 0 aliphatic carbocycles. The molecule has 0 saturated heterocycles. The highest BCUT2D eigenvalue weighted by atomic mass is 79.9. The topological polar surface area (TPSA) is 63.9 Å². The summed E-state index contributed by atoms with van der Waals surface area (Å²) in [5.74, 6) is 1.40. The smallest absolute Gasteiger partial charge is 0.258 e. The van der Waals surface area contributed by atoms with Crippen molar-refractivity contribution in [3.8, 4) is 0 Å². The number of halogens is 1. The van der Waals surface area contributed by atoms with Gasteiger partial charge in [0.05, 0.1) is 23.3 Å². The highest BCUT2D eigenvalue weighted by Crippen LogP contribution is 2.22. The third kappa shape index (κ3) is 2.49. The van der Waals surface area contributed by atoms with Crippen LogP contribution in [0.25, 0.3) is 10.9 Å². The van der Waals surface area contributed by atoms with Crippen LogP contribution >= 0.6 is 15.9 Å². The Bertz CT molecular complexity index is 1010. The first-order valence-electron chi connectivity index (χ1n) is 7.75. The summed E-state index contributed by atoms with van der Waals surface area (Å²) in [5, 5.41) is 0.985. The molecule has 6 nitrogen and oxygen atoms in total. The van der Waals surface area contributed by atoms with Gasteiger partial charge in [0.2, 0.25) is 5.95 Å². The van der Waals surface area contributed by atoms with Crippen LogP contribution < -0.4 is 10.5 Å². The van der Waals surface area contributed by atoms with Crippen LogP contribution in [0.2, 0.25) is 0 Å². The minimum absolute atomic E-state index is 0.0203. The number of benzene rings is 1. The largest absolute Gasteiger partial charge is 0.336 e. The molecule has 1 aliphatic heterocycles. The zero-order valence-corrected chi connectivity index (χ0v) is 15.0. The first kappa shape index (κ1) is 15.3. The molecule has 0 saturated carbocycles. The molecule has 0 bridgehead atoms. The monoisotopic (exact) mass is 385 g/mol. The Kier molecular flexibility index (Phi) is 3.60. The van der Waals surface area contributed by atoms with Crippen LogP contribution in [0.1, 0.15) is 17.1 Å². The summed E-state index contributed by atoms with van der Waals surface area (Å²) in [5.41, 5.74) is 2.56. The number of hydrogen-bond acceptors (Lipinski definition) is 5. The second-order valence-electron chi connectivity index (χ2n) is 5.99. The van der Waals surface area contributed by atoms with E-state index in [2.05, 4.69) is 30.9 Å². The predicted molar refractivity (Wildman–Crippen MR) is 96.2 cm³/mol. The molecule has 4 rings (SSSR count). The average molecular weight is 386 g/mol. The van der Waals surface area contributed by atoms with Crippen molar-refractivity contribution >= 4 is 32.8 Å². The standard InChI is InChI=1S/C17H16BrN5O/c1-10-20-15-5-6-23(9-13(15)16(24)22(10)2)17-19-8-11-7-12(18)3-4-14(11)21-17/h3-4,7-8H,5-6,9H2,1-2H3. The van der Waals surface area contributed by atoms with E-state index in [-0.39, 0.29) is 5.56 Å². The zero-order valence-electron chi connectivity index (χ0n) is 13.5. The minimum atomic E-state index is 0.0203. The fraction of sp³-hybridized carbons (Fsp3) is 0.294. The summed E-state index contributed by atoms with van der Waals surface area (Å²) >= 11 is 3.46. The summed E-state index contributed by atoms with van der Waals surface area (Å²) in [6.07, 6.45) is 2.55. The van der Waals surface area contributed by atoms with Crippen molar-refractivity contribution in [3.05, 3.63) is 56.3 Å². The van der Waals surface area contributed by atoms with Crippen LogP contribution in [0.15, 0.2) is 33.7 Å². The van der Waals surface area contributed by atoms with E-state index >= 15 is 0 Å². The lowest BCUT2D eigenvalue weighted by Gasteiger charge is -2.28. The van der Waals surface area contributed by atoms with Gasteiger partial charge in [-0.25, -0.2) is 15.0 Å². The lowest BCUT2D eigenvalue weighted by atomic mass is 10.1. The van der Waals surface area contributed by atoms with E-state index in [0.29, 0.717) is 12.5 Å². The Balaban J connectivity index is 1.73. The van der Waals surface area contributed by atoms with E-state index in [1.54, 1.807) is 11.6 Å². The van der Waals surface area contributed by atoms with Gasteiger partial charge < -0.3 is 4.90 Å². The molecular weight excluding hydrogens is 370 g/mol. The van der Waals surface area contributed by atoms with Crippen LogP contribution in [0, 0.1) is 6.92 Å². The second kappa shape index (κ2) is 5.66. The minimum Gasteiger partial charge on any atom is -0.336 e. The Morgan fingerprint density at radius 2 is 2.08 bits per heavy atom. The van der Waals surface area contributed by atoms with E-state index in [0.717, 1.165) is 45.4 Å². The second-order valence-corrected chi connectivity index (χ2v) is 6.91. The molecular formula is C17H16BrN5O. The molecule has 3 heterocycles. The molecule has 0 unspecified atom stereocenters. The maximum atomic E-state index is 12.5. The van der Waals surface area contributed by atoms with Crippen molar-refractivity contribution in [2.45, 2.75) is 19.9 Å². The number of aryl methyl sites for hydroxylation is 1. The van der Waals surface area contributed by atoms with Gasteiger partial charge in [0, 0.05) is 36.1 Å². The molecule has 0 radical (unpaired) electrons. The van der Waals surface area contributed by atoms with E-state index in [1.165, 1.54) is 0 Å². The lowest BCUT2D eigenvalue weighted by molar-refractivity contribution is 0.645. The van der Waals surface area contributed by atoms with Gasteiger partial charge in [-0.3, -0.25) is 9.36 Å². The van der Waals surface area contributed by atoms with E-state index in [4.69, 9.17) is 0 Å². The zero-order chi connectivity index (χ0) is 16.8. The molecule has 3 aromatic rings. The Labute approximate surface area is 147 Å². The van der Waals surface area contributed by atoms with E-state index < -0.39 is 0 Å². The van der Waals surface area contributed by atoms with Gasteiger partial charge in [-0.05, 0) is 25.1 Å². The molecule has 0 spiro atoms. The molecule has 1 aliphatic rings. The van der Waals surface area contributed by atoms with Gasteiger partial charge in [0.25, 0.3) is 5.56 Å². The van der Waals surface area contributed by atoms with Gasteiger partial charge in [0.15, 0.2) is 0 Å². The van der Waals surface area contributed by atoms with Gasteiger partial charge >= 0.3 is 0 Å². The number of anilines is 1. The van der Waals surface area contributed by atoms with Crippen molar-refractivity contribution in [1.82, 2.24) is 19.5 Å². The molecule has 1 aromatic carbocycles. The summed E-state index contributed by atoms with van der Waals surface area (Å²) in [6.45, 7) is 3.12. The highest BCUT2D eigenvalue weighted by Gasteiger charge is 2.23. The van der Waals surface area contributed by atoms with Crippen molar-refractivity contribution in [2.24, 2.45) is 7.05 Å². The number of aromatic nitrogens is 4. The molecule has 122 valence electrons. The Hall–Kier alpha value is -2.28. The molecule has 0 amide bonds. The third-order valence-electron chi connectivity index (χ3n) is 4.47. The van der Waals surface area contributed by atoms with E-state index in [1.807, 2.05) is 36.2 Å². The Morgan fingerprint density at radius 1 is 1.25 bits per heavy atom. The van der Waals surface area contributed by atoms with Gasteiger partial charge in [-0.2, -0.15) is 0 Å². The maximum absolute atomic E-state index is 12.5. The van der Waals surface area contributed by atoms with Crippen molar-refractivity contribution in [1.29, 1.82) is 0 Å². The quantitative estimate of drug-likeness (QED) is 0.643. The van der Waals surface area contributed by atoms with Crippen molar-refractivity contribution in [2.75, 3.05) is 11.4 Å². The first-order valence-corrected chi connectivity index (χ1v) is 8.55. The van der Waals surface area contributed by atoms with Gasteiger partial charge in [-0.1, -0.05) is 15.9 Å². The van der Waals surface area contributed by atoms with Gasteiger partial charge in [-0.15, -0.1) is 0 Å². The maximum Gasteiger partial charge on any atom is 0.258 e. The fourth-order valence-corrected chi connectivity index (χ4v) is 3.38. The van der Waals surface area contributed by atoms with Crippen molar-refractivity contribution in [3.63, 3.8) is 0 Å². The molecule has 0 fully saturated rings. The van der Waals surface area contributed by atoms with Crippen LogP contribution in [-0.4, -0.2) is 26.1 Å². The fourth-order valence-electron chi connectivity index (χ4n) is 3.00. The summed E-state index contributed by atoms with van der Waals surface area (Å²) in [6, 6.07) is 5.92. The predicted octanol–water partition coefficient (Wildman–Crippen LogP) is 2.36. The summed E-state index contributed by atoms with van der Waals surface area (Å²) < 4.78 is 2.60. The van der Waals surface area contributed by atoms with Crippen LogP contribution in [0.5, 0.6) is 0 Å². The first-order chi connectivity index (χ1) is 11.5. The number of nitrogens with zero attached hydrogens (tertiary/aromatic N) is 5. The van der Waals surface area contributed by atoms with Crippen LogP contribution in [-0.2, 0) is 20.0 Å². The van der Waals surface area contributed by atoms with Crippen LogP contribution in [0.3, 0.4) is 0 Å².